The Bertz CT molecular complexity index is 1420. The zero-order valence-corrected chi connectivity index (χ0v) is 27.6. The molecule has 2 unspecified atom stereocenters. The summed E-state index contributed by atoms with van der Waals surface area (Å²) in [6.07, 6.45) is 7.26. The fourth-order valence-electron chi connectivity index (χ4n) is 5.22. The molecule has 0 fully saturated rings. The number of esters is 2. The summed E-state index contributed by atoms with van der Waals surface area (Å²) in [4.78, 5) is 24.1. The number of aliphatic hydroxyl groups is 1. The van der Waals surface area contributed by atoms with Crippen molar-refractivity contribution in [2.24, 2.45) is 5.92 Å². The molecule has 240 valence electrons. The molecule has 0 heterocycles. The normalized spacial score (nSPS) is 12.3. The third-order valence-corrected chi connectivity index (χ3v) is 8.20. The fraction of sp³-hybridized carbons (Fsp3) is 0.400. The Morgan fingerprint density at radius 3 is 1.87 bits per heavy atom. The molecule has 0 saturated heterocycles. The second-order valence-electron chi connectivity index (χ2n) is 12.0. The lowest BCUT2D eigenvalue weighted by Crippen LogP contribution is -2.24. The minimum atomic E-state index is -0.982. The third-order valence-electron chi connectivity index (χ3n) is 8.20. The van der Waals surface area contributed by atoms with Crippen LogP contribution < -0.4 is 0 Å². The van der Waals surface area contributed by atoms with Crippen LogP contribution >= 0.6 is 0 Å². The van der Waals surface area contributed by atoms with Crippen LogP contribution in [0.1, 0.15) is 76.5 Å². The highest BCUT2D eigenvalue weighted by atomic mass is 16.5. The van der Waals surface area contributed by atoms with Crippen molar-refractivity contribution in [1.82, 2.24) is 0 Å². The minimum Gasteiger partial charge on any atom is -0.462 e. The van der Waals surface area contributed by atoms with Crippen molar-refractivity contribution in [3.63, 3.8) is 0 Å². The Hall–Kier alpha value is -3.96. The highest BCUT2D eigenvalue weighted by Crippen LogP contribution is 2.30. The molecule has 0 aliphatic carbocycles. The van der Waals surface area contributed by atoms with Gasteiger partial charge in [0.1, 0.15) is 0 Å². The molecule has 0 aliphatic heterocycles. The van der Waals surface area contributed by atoms with E-state index in [1.807, 2.05) is 0 Å². The van der Waals surface area contributed by atoms with Crippen molar-refractivity contribution in [2.45, 2.75) is 85.2 Å². The maximum atomic E-state index is 12.2. The quantitative estimate of drug-likeness (QED) is 0.0885. The zero-order valence-electron chi connectivity index (χ0n) is 27.6. The number of carbonyl (C=O) groups excluding carboxylic acids is 2. The second-order valence-corrected chi connectivity index (χ2v) is 12.0. The Balaban J connectivity index is 1.61. The standard InChI is InChI=1S/C40H50O5/c1-7-9-10-12-31-17-21-36(22-18-31)38-24-23-37(25-34(38)8-2)35-19-15-32(16-20-35)13-11-14-33(26-44-39(42)28(3)4)27-45-40(43)29(5)30(6)41/h15-25,30,33,41H,3,5,7-14,26-27H2,1-2,4,6H3. The molecule has 0 saturated carbocycles. The number of aryl methyl sites for hydroxylation is 3. The van der Waals surface area contributed by atoms with E-state index in [0.717, 1.165) is 25.7 Å². The van der Waals surface area contributed by atoms with Gasteiger partial charge in [-0.25, -0.2) is 9.59 Å². The van der Waals surface area contributed by atoms with Gasteiger partial charge in [-0.2, -0.15) is 0 Å². The van der Waals surface area contributed by atoms with Crippen molar-refractivity contribution in [1.29, 1.82) is 0 Å². The molecule has 0 aliphatic rings. The average molecular weight is 611 g/mol. The molecule has 0 spiro atoms. The number of carbonyl (C=O) groups is 2. The fourth-order valence-corrected chi connectivity index (χ4v) is 5.22. The van der Waals surface area contributed by atoms with E-state index >= 15 is 0 Å². The van der Waals surface area contributed by atoms with Crippen molar-refractivity contribution < 1.29 is 24.2 Å². The molecular weight excluding hydrogens is 560 g/mol. The molecule has 5 nitrogen and oxygen atoms in total. The van der Waals surface area contributed by atoms with E-state index in [2.05, 4.69) is 93.7 Å². The largest absolute Gasteiger partial charge is 0.462 e. The van der Waals surface area contributed by atoms with Crippen LogP contribution in [0.5, 0.6) is 0 Å². The summed E-state index contributed by atoms with van der Waals surface area (Å²) in [6.45, 7) is 14.9. The summed E-state index contributed by atoms with van der Waals surface area (Å²) in [7, 11) is 0. The summed E-state index contributed by atoms with van der Waals surface area (Å²) in [5.41, 5.74) is 9.23. The third kappa shape index (κ3) is 11.2. The van der Waals surface area contributed by atoms with Crippen LogP contribution in [0.3, 0.4) is 0 Å². The van der Waals surface area contributed by atoms with Gasteiger partial charge in [-0.15, -0.1) is 0 Å². The van der Waals surface area contributed by atoms with Crippen molar-refractivity contribution in [2.75, 3.05) is 13.2 Å². The van der Waals surface area contributed by atoms with Gasteiger partial charge >= 0.3 is 11.9 Å². The van der Waals surface area contributed by atoms with E-state index in [1.54, 1.807) is 6.92 Å². The van der Waals surface area contributed by atoms with Crippen LogP contribution in [0, 0.1) is 5.92 Å². The van der Waals surface area contributed by atoms with Gasteiger partial charge in [0.15, 0.2) is 0 Å². The van der Waals surface area contributed by atoms with Gasteiger partial charge in [0, 0.05) is 11.5 Å². The number of hydrogen-bond acceptors (Lipinski definition) is 5. The van der Waals surface area contributed by atoms with Crippen LogP contribution in [0.25, 0.3) is 22.3 Å². The van der Waals surface area contributed by atoms with Gasteiger partial charge in [-0.1, -0.05) is 107 Å². The first kappa shape index (κ1) is 35.5. The Morgan fingerprint density at radius 2 is 1.31 bits per heavy atom. The highest BCUT2D eigenvalue weighted by Gasteiger charge is 2.19. The van der Waals surface area contributed by atoms with Gasteiger partial charge in [-0.05, 0) is 91.3 Å². The molecule has 0 radical (unpaired) electrons. The van der Waals surface area contributed by atoms with E-state index in [1.165, 1.54) is 65.1 Å². The number of unbranched alkanes of at least 4 members (excludes halogenated alkanes) is 2. The monoisotopic (exact) mass is 610 g/mol. The van der Waals surface area contributed by atoms with Gasteiger partial charge < -0.3 is 14.6 Å². The van der Waals surface area contributed by atoms with E-state index in [4.69, 9.17) is 9.47 Å². The molecule has 1 N–H and O–H groups in total. The smallest absolute Gasteiger partial charge is 0.336 e. The molecule has 3 aromatic rings. The van der Waals surface area contributed by atoms with Gasteiger partial charge in [0.05, 0.1) is 24.9 Å². The van der Waals surface area contributed by atoms with Gasteiger partial charge in [0.25, 0.3) is 0 Å². The Kier molecular flexibility index (Phi) is 14.3. The maximum absolute atomic E-state index is 12.2. The molecule has 0 bridgehead atoms. The Morgan fingerprint density at radius 1 is 0.756 bits per heavy atom. The lowest BCUT2D eigenvalue weighted by molar-refractivity contribution is -0.144. The number of hydrogen-bond donors (Lipinski definition) is 1. The predicted octanol–water partition coefficient (Wildman–Crippen LogP) is 8.85. The number of benzene rings is 3. The van der Waals surface area contributed by atoms with Crippen LogP contribution in [0.2, 0.25) is 0 Å². The first-order chi connectivity index (χ1) is 21.6. The number of aliphatic hydroxyl groups excluding tert-OH is 1. The maximum Gasteiger partial charge on any atom is 0.336 e. The molecule has 5 heteroatoms. The Labute approximate surface area is 270 Å². The highest BCUT2D eigenvalue weighted by molar-refractivity contribution is 5.88. The minimum absolute atomic E-state index is 0.000269. The van der Waals surface area contributed by atoms with Crippen molar-refractivity contribution in [3.8, 4) is 22.3 Å². The lowest BCUT2D eigenvalue weighted by atomic mass is 9.92. The molecule has 0 aromatic heterocycles. The van der Waals surface area contributed by atoms with Crippen LogP contribution in [0.4, 0.5) is 0 Å². The lowest BCUT2D eigenvalue weighted by Gasteiger charge is -2.18. The van der Waals surface area contributed by atoms with E-state index in [0.29, 0.717) is 12.0 Å². The van der Waals surface area contributed by atoms with Gasteiger partial charge in [0.2, 0.25) is 0 Å². The molecule has 3 aromatic carbocycles. The number of ether oxygens (including phenoxy) is 2. The first-order valence-corrected chi connectivity index (χ1v) is 16.3. The van der Waals surface area contributed by atoms with E-state index < -0.39 is 18.0 Å². The number of rotatable bonds is 18. The van der Waals surface area contributed by atoms with Crippen molar-refractivity contribution in [3.05, 3.63) is 108 Å². The molecule has 2 atom stereocenters. The summed E-state index contributed by atoms with van der Waals surface area (Å²) < 4.78 is 10.7. The summed E-state index contributed by atoms with van der Waals surface area (Å²) in [5.74, 6) is -1.29. The average Bonchev–Trinajstić information content (AvgIpc) is 3.05. The predicted molar refractivity (Wildman–Crippen MR) is 184 cm³/mol. The van der Waals surface area contributed by atoms with E-state index in [-0.39, 0.29) is 24.7 Å². The summed E-state index contributed by atoms with van der Waals surface area (Å²) in [5, 5.41) is 9.60. The van der Waals surface area contributed by atoms with Crippen LogP contribution in [0.15, 0.2) is 91.0 Å². The topological polar surface area (TPSA) is 72.8 Å². The second kappa shape index (κ2) is 18.1. The van der Waals surface area contributed by atoms with Crippen LogP contribution in [-0.4, -0.2) is 36.4 Å². The van der Waals surface area contributed by atoms with E-state index in [9.17, 15) is 14.7 Å². The van der Waals surface area contributed by atoms with Crippen molar-refractivity contribution >= 4 is 11.9 Å². The first-order valence-electron chi connectivity index (χ1n) is 16.3. The molecule has 3 rings (SSSR count). The molecule has 45 heavy (non-hydrogen) atoms. The van der Waals surface area contributed by atoms with Gasteiger partial charge in [-0.3, -0.25) is 0 Å². The summed E-state index contributed by atoms with van der Waals surface area (Å²) in [6, 6.07) is 24.5. The molecule has 0 amide bonds. The zero-order chi connectivity index (χ0) is 32.8. The summed E-state index contributed by atoms with van der Waals surface area (Å²) >= 11 is 0. The SMILES string of the molecule is C=C(C)C(=O)OCC(CCCc1ccc(-c2ccc(-c3ccc(CCCCC)cc3)c(CC)c2)cc1)COC(=O)C(=C)C(C)O. The van der Waals surface area contributed by atoms with Crippen LogP contribution in [-0.2, 0) is 38.3 Å². The molecular formula is C40H50O5.